The number of rotatable bonds is 1. The highest BCUT2D eigenvalue weighted by Crippen LogP contribution is 2.66. The van der Waals surface area contributed by atoms with Gasteiger partial charge >= 0.3 is 5.97 Å². The van der Waals surface area contributed by atoms with Crippen LogP contribution in [0.2, 0.25) is 0 Å². The first-order valence-electron chi connectivity index (χ1n) is 10.3. The molecule has 0 aromatic rings. The summed E-state index contributed by atoms with van der Waals surface area (Å²) in [5.41, 5.74) is -0.554. The second-order valence-electron chi connectivity index (χ2n) is 10.1. The van der Waals surface area contributed by atoms with Crippen molar-refractivity contribution in [3.63, 3.8) is 0 Å². The Kier molecular flexibility index (Phi) is 4.18. The monoisotopic (exact) mass is 376 g/mol. The Morgan fingerprint density at radius 3 is 2.59 bits per heavy atom. The SMILES string of the molecule is CC(=O)O[C@H]1CC[C@@]2(C)C(=C[C@H](O)C3C2C(=O)C[C@@]2(C)C3CC[C@]2(C)O)C1. The van der Waals surface area contributed by atoms with Crippen LogP contribution in [-0.4, -0.2) is 39.8 Å². The summed E-state index contributed by atoms with van der Waals surface area (Å²) < 4.78 is 5.42. The van der Waals surface area contributed by atoms with Crippen LogP contribution in [0.5, 0.6) is 0 Å². The number of carbonyl (C=O) groups is 2. The minimum absolute atomic E-state index is 0.135. The number of ketones is 1. The molecule has 4 rings (SSSR count). The minimum atomic E-state index is -0.865. The Balaban J connectivity index is 1.71. The van der Waals surface area contributed by atoms with Crippen molar-refractivity contribution in [1.82, 2.24) is 0 Å². The average Bonchev–Trinajstić information content (AvgIpc) is 2.78. The fourth-order valence-corrected chi connectivity index (χ4v) is 6.98. The summed E-state index contributed by atoms with van der Waals surface area (Å²) in [6, 6.07) is 0. The average molecular weight is 376 g/mol. The lowest BCUT2D eigenvalue weighted by Crippen LogP contribution is -2.60. The first-order valence-corrected chi connectivity index (χ1v) is 10.3. The van der Waals surface area contributed by atoms with Crippen molar-refractivity contribution < 1.29 is 24.5 Å². The molecule has 0 aliphatic heterocycles. The number of aliphatic hydroxyl groups excluding tert-OH is 1. The molecule has 150 valence electrons. The largest absolute Gasteiger partial charge is 0.462 e. The van der Waals surface area contributed by atoms with E-state index in [1.54, 1.807) is 0 Å². The quantitative estimate of drug-likeness (QED) is 0.543. The highest BCUT2D eigenvalue weighted by molar-refractivity contribution is 5.85. The predicted molar refractivity (Wildman–Crippen MR) is 99.7 cm³/mol. The van der Waals surface area contributed by atoms with Crippen LogP contribution in [0.25, 0.3) is 0 Å². The minimum Gasteiger partial charge on any atom is -0.462 e. The smallest absolute Gasteiger partial charge is 0.302 e. The molecule has 27 heavy (non-hydrogen) atoms. The topological polar surface area (TPSA) is 83.8 Å². The van der Waals surface area contributed by atoms with Crippen molar-refractivity contribution in [3.8, 4) is 0 Å². The molecule has 0 saturated heterocycles. The maximum absolute atomic E-state index is 13.4. The van der Waals surface area contributed by atoms with Gasteiger partial charge in [-0.05, 0) is 43.9 Å². The van der Waals surface area contributed by atoms with Gasteiger partial charge < -0.3 is 14.9 Å². The Bertz CT molecular complexity index is 709. The molecule has 0 spiro atoms. The highest BCUT2D eigenvalue weighted by atomic mass is 16.5. The Morgan fingerprint density at radius 2 is 1.93 bits per heavy atom. The number of fused-ring (bicyclic) bond motifs is 5. The van der Waals surface area contributed by atoms with E-state index in [-0.39, 0.29) is 41.0 Å². The molecule has 0 radical (unpaired) electrons. The van der Waals surface area contributed by atoms with Crippen molar-refractivity contribution >= 4 is 11.8 Å². The Hall–Kier alpha value is -1.20. The van der Waals surface area contributed by atoms with Gasteiger partial charge in [0.15, 0.2) is 0 Å². The standard InChI is InChI=1S/C22H32O5/c1-12(23)27-14-5-7-20(2)13(9-14)10-16(24)18-15-6-8-22(4,26)21(15,3)11-17(25)19(18)20/h10,14-16,18-19,24,26H,5-9,11H2,1-4H3/t14-,15?,16-,18?,19?,20-,21-,22-/m0/s1. The summed E-state index contributed by atoms with van der Waals surface area (Å²) >= 11 is 0. The summed E-state index contributed by atoms with van der Waals surface area (Å²) in [5.74, 6) is -0.303. The second-order valence-corrected chi connectivity index (χ2v) is 10.1. The van der Waals surface area contributed by atoms with E-state index in [9.17, 15) is 19.8 Å². The van der Waals surface area contributed by atoms with E-state index in [1.807, 2.05) is 19.9 Å². The molecule has 8 atom stereocenters. The van der Waals surface area contributed by atoms with Crippen molar-refractivity contribution in [2.24, 2.45) is 28.6 Å². The number of esters is 1. The molecule has 0 amide bonds. The highest BCUT2D eigenvalue weighted by Gasteiger charge is 2.66. The summed E-state index contributed by atoms with van der Waals surface area (Å²) in [7, 11) is 0. The summed E-state index contributed by atoms with van der Waals surface area (Å²) in [5, 5.41) is 22.0. The molecule has 4 aliphatic carbocycles. The zero-order chi connectivity index (χ0) is 19.8. The lowest BCUT2D eigenvalue weighted by molar-refractivity contribution is -0.166. The van der Waals surface area contributed by atoms with Crippen LogP contribution in [0.15, 0.2) is 11.6 Å². The number of Topliss-reactive ketones (excluding diaryl/α,β-unsaturated/α-hetero) is 1. The zero-order valence-electron chi connectivity index (χ0n) is 16.8. The molecule has 3 saturated carbocycles. The maximum atomic E-state index is 13.4. The summed E-state index contributed by atoms with van der Waals surface area (Å²) in [4.78, 5) is 24.7. The lowest BCUT2D eigenvalue weighted by atomic mass is 9.46. The van der Waals surface area contributed by atoms with E-state index >= 15 is 0 Å². The third-order valence-corrected chi connectivity index (χ3v) is 8.68. The van der Waals surface area contributed by atoms with Crippen molar-refractivity contribution in [2.45, 2.75) is 84.0 Å². The molecule has 3 unspecified atom stereocenters. The fraction of sp³-hybridized carbons (Fsp3) is 0.818. The number of hydrogen-bond acceptors (Lipinski definition) is 5. The third kappa shape index (κ3) is 2.57. The Labute approximate surface area is 161 Å². The maximum Gasteiger partial charge on any atom is 0.302 e. The predicted octanol–water partition coefficient (Wildman–Crippen LogP) is 2.78. The van der Waals surface area contributed by atoms with Gasteiger partial charge in [0.25, 0.3) is 0 Å². The molecule has 5 heteroatoms. The number of hydrogen-bond donors (Lipinski definition) is 2. The van der Waals surface area contributed by atoms with Gasteiger partial charge in [-0.3, -0.25) is 9.59 Å². The normalized spacial score (nSPS) is 51.7. The number of ether oxygens (including phenoxy) is 1. The molecular weight excluding hydrogens is 344 g/mol. The van der Waals surface area contributed by atoms with Gasteiger partial charge in [-0.2, -0.15) is 0 Å². The van der Waals surface area contributed by atoms with Gasteiger partial charge in [0.2, 0.25) is 0 Å². The van der Waals surface area contributed by atoms with Crippen molar-refractivity contribution in [3.05, 3.63) is 11.6 Å². The van der Waals surface area contributed by atoms with Crippen LogP contribution in [-0.2, 0) is 14.3 Å². The van der Waals surface area contributed by atoms with Gasteiger partial charge in [-0.25, -0.2) is 0 Å². The molecule has 0 aromatic carbocycles. The Morgan fingerprint density at radius 1 is 1.22 bits per heavy atom. The first-order chi connectivity index (χ1) is 12.5. The van der Waals surface area contributed by atoms with Crippen LogP contribution in [0, 0.1) is 28.6 Å². The molecule has 0 heterocycles. The first kappa shape index (κ1) is 19.1. The van der Waals surface area contributed by atoms with Gasteiger partial charge in [0.1, 0.15) is 11.9 Å². The van der Waals surface area contributed by atoms with E-state index in [1.165, 1.54) is 6.92 Å². The van der Waals surface area contributed by atoms with Gasteiger partial charge in [0, 0.05) is 37.0 Å². The van der Waals surface area contributed by atoms with E-state index in [0.29, 0.717) is 19.3 Å². The van der Waals surface area contributed by atoms with Crippen LogP contribution < -0.4 is 0 Å². The van der Waals surface area contributed by atoms with E-state index in [2.05, 4.69) is 6.92 Å². The molecular formula is C22H32O5. The molecule has 0 bridgehead atoms. The fourth-order valence-electron chi connectivity index (χ4n) is 6.98. The third-order valence-electron chi connectivity index (χ3n) is 8.68. The van der Waals surface area contributed by atoms with Gasteiger partial charge in [-0.1, -0.05) is 25.5 Å². The molecule has 0 aromatic heterocycles. The second kappa shape index (κ2) is 5.90. The van der Waals surface area contributed by atoms with Crippen molar-refractivity contribution in [2.75, 3.05) is 0 Å². The van der Waals surface area contributed by atoms with E-state index in [0.717, 1.165) is 24.8 Å². The van der Waals surface area contributed by atoms with Gasteiger partial charge in [-0.15, -0.1) is 0 Å². The number of aliphatic hydroxyl groups is 2. The molecule has 2 N–H and O–H groups in total. The number of carbonyl (C=O) groups excluding carboxylic acids is 2. The van der Waals surface area contributed by atoms with Crippen LogP contribution in [0.3, 0.4) is 0 Å². The van der Waals surface area contributed by atoms with Crippen molar-refractivity contribution in [1.29, 1.82) is 0 Å². The van der Waals surface area contributed by atoms with Crippen LogP contribution >= 0.6 is 0 Å². The molecule has 5 nitrogen and oxygen atoms in total. The molecule has 3 fully saturated rings. The molecule has 4 aliphatic rings. The van der Waals surface area contributed by atoms with Crippen LogP contribution in [0.1, 0.15) is 66.2 Å². The summed E-state index contributed by atoms with van der Waals surface area (Å²) in [6.07, 6.45) is 5.14. The van der Waals surface area contributed by atoms with E-state index < -0.39 is 17.1 Å². The van der Waals surface area contributed by atoms with Crippen LogP contribution in [0.4, 0.5) is 0 Å². The van der Waals surface area contributed by atoms with Gasteiger partial charge in [0.05, 0.1) is 11.7 Å². The van der Waals surface area contributed by atoms with E-state index in [4.69, 9.17) is 4.74 Å². The zero-order valence-corrected chi connectivity index (χ0v) is 16.8. The summed E-state index contributed by atoms with van der Waals surface area (Å²) in [6.45, 7) is 7.46. The lowest BCUT2D eigenvalue weighted by Gasteiger charge is -2.58.